The number of hydrogen-bond donors (Lipinski definition) is 0. The summed E-state index contributed by atoms with van der Waals surface area (Å²) < 4.78 is 45.5. The Bertz CT molecular complexity index is 876. The quantitative estimate of drug-likeness (QED) is 0.706. The number of aromatic nitrogens is 1. The number of oxazole rings is 1. The van der Waals surface area contributed by atoms with E-state index in [0.717, 1.165) is 12.1 Å². The Morgan fingerprint density at radius 3 is 2.50 bits per heavy atom. The number of nitrogens with zero attached hydrogens (tertiary/aromatic N) is 1. The van der Waals surface area contributed by atoms with E-state index in [4.69, 9.17) is 4.42 Å². The molecule has 0 N–H and O–H groups in total. The second-order valence-corrected chi connectivity index (χ2v) is 5.31. The second kappa shape index (κ2) is 6.70. The predicted octanol–water partition coefficient (Wildman–Crippen LogP) is 4.11. The Balaban J connectivity index is 1.71. The van der Waals surface area contributed by atoms with Crippen molar-refractivity contribution in [2.45, 2.75) is 12.8 Å². The van der Waals surface area contributed by atoms with Crippen molar-refractivity contribution in [2.75, 3.05) is 0 Å². The number of Topliss-reactive ketones (excluding diaryl/α,β-unsaturated/α-hetero) is 1. The molecular formula is C18H12F3NO2. The summed E-state index contributed by atoms with van der Waals surface area (Å²) in [6.45, 7) is 0. The maximum absolute atomic E-state index is 14.1. The second-order valence-electron chi connectivity index (χ2n) is 5.31. The van der Waals surface area contributed by atoms with Crippen LogP contribution in [0.25, 0.3) is 11.3 Å². The van der Waals surface area contributed by atoms with Crippen molar-refractivity contribution in [1.82, 2.24) is 4.98 Å². The van der Waals surface area contributed by atoms with Crippen LogP contribution in [-0.4, -0.2) is 10.8 Å². The van der Waals surface area contributed by atoms with Crippen molar-refractivity contribution >= 4 is 5.78 Å². The van der Waals surface area contributed by atoms with Gasteiger partial charge >= 0.3 is 0 Å². The van der Waals surface area contributed by atoms with Crippen molar-refractivity contribution in [2.24, 2.45) is 0 Å². The number of carbonyl (C=O) groups is 1. The van der Waals surface area contributed by atoms with E-state index >= 15 is 0 Å². The lowest BCUT2D eigenvalue weighted by Gasteiger charge is -2.05. The van der Waals surface area contributed by atoms with Crippen LogP contribution in [0.15, 0.2) is 53.4 Å². The largest absolute Gasteiger partial charge is 0.443 e. The zero-order valence-corrected chi connectivity index (χ0v) is 12.4. The topological polar surface area (TPSA) is 43.1 Å². The van der Waals surface area contributed by atoms with Crippen molar-refractivity contribution in [3.05, 3.63) is 77.6 Å². The fourth-order valence-electron chi connectivity index (χ4n) is 2.38. The maximum atomic E-state index is 14.1. The molecule has 122 valence electrons. The van der Waals surface area contributed by atoms with Crippen LogP contribution in [0, 0.1) is 17.5 Å². The third-order valence-corrected chi connectivity index (χ3v) is 3.54. The standard InChI is InChI=1S/C18H12F3NO2/c19-13-3-2-12(16(20)8-13)7-14(23)5-11-1-4-15(17(21)6-11)18-9-22-10-24-18/h1-4,6,8-10H,5,7H2. The van der Waals surface area contributed by atoms with Gasteiger partial charge in [-0.2, -0.15) is 0 Å². The highest BCUT2D eigenvalue weighted by Crippen LogP contribution is 2.23. The SMILES string of the molecule is O=C(Cc1ccc(-c2cnco2)c(F)c1)Cc1ccc(F)cc1F. The van der Waals surface area contributed by atoms with Crippen LogP contribution in [0.3, 0.4) is 0 Å². The van der Waals surface area contributed by atoms with E-state index in [9.17, 15) is 18.0 Å². The normalized spacial score (nSPS) is 10.8. The zero-order valence-electron chi connectivity index (χ0n) is 12.4. The van der Waals surface area contributed by atoms with Crippen LogP contribution in [-0.2, 0) is 17.6 Å². The van der Waals surface area contributed by atoms with Gasteiger partial charge in [-0.15, -0.1) is 0 Å². The van der Waals surface area contributed by atoms with Crippen molar-refractivity contribution < 1.29 is 22.4 Å². The van der Waals surface area contributed by atoms with Crippen LogP contribution in [0.1, 0.15) is 11.1 Å². The van der Waals surface area contributed by atoms with Gasteiger partial charge < -0.3 is 4.42 Å². The number of ketones is 1. The highest BCUT2D eigenvalue weighted by atomic mass is 19.1. The number of hydrogen-bond acceptors (Lipinski definition) is 3. The number of rotatable bonds is 5. The first-order chi connectivity index (χ1) is 11.5. The summed E-state index contributed by atoms with van der Waals surface area (Å²) in [5, 5.41) is 0. The van der Waals surface area contributed by atoms with Crippen molar-refractivity contribution in [1.29, 1.82) is 0 Å². The third kappa shape index (κ3) is 3.53. The van der Waals surface area contributed by atoms with E-state index in [1.807, 2.05) is 0 Å². The molecule has 0 fully saturated rings. The zero-order chi connectivity index (χ0) is 17.1. The van der Waals surface area contributed by atoms with E-state index < -0.39 is 17.5 Å². The van der Waals surface area contributed by atoms with Gasteiger partial charge in [0, 0.05) is 18.9 Å². The highest BCUT2D eigenvalue weighted by molar-refractivity contribution is 5.83. The minimum Gasteiger partial charge on any atom is -0.443 e. The van der Waals surface area contributed by atoms with E-state index in [1.54, 1.807) is 6.07 Å². The lowest BCUT2D eigenvalue weighted by molar-refractivity contribution is -0.117. The summed E-state index contributed by atoms with van der Waals surface area (Å²) >= 11 is 0. The third-order valence-electron chi connectivity index (χ3n) is 3.54. The molecule has 0 saturated heterocycles. The number of carbonyl (C=O) groups excluding carboxylic acids is 1. The van der Waals surface area contributed by atoms with Gasteiger partial charge in [-0.3, -0.25) is 4.79 Å². The Kier molecular flexibility index (Phi) is 4.46. The molecule has 0 saturated carbocycles. The molecule has 0 spiro atoms. The molecular weight excluding hydrogens is 319 g/mol. The van der Waals surface area contributed by atoms with Crippen molar-refractivity contribution in [3.8, 4) is 11.3 Å². The summed E-state index contributed by atoms with van der Waals surface area (Å²) in [7, 11) is 0. The molecule has 0 bridgehead atoms. The Morgan fingerprint density at radius 1 is 1.00 bits per heavy atom. The molecule has 3 aromatic rings. The monoisotopic (exact) mass is 331 g/mol. The summed E-state index contributed by atoms with van der Waals surface area (Å²) in [6, 6.07) is 7.38. The predicted molar refractivity (Wildman–Crippen MR) is 80.7 cm³/mol. The summed E-state index contributed by atoms with van der Waals surface area (Å²) in [5.74, 6) is -2.01. The van der Waals surface area contributed by atoms with Gasteiger partial charge in [0.05, 0.1) is 11.8 Å². The minimum atomic E-state index is -0.768. The van der Waals surface area contributed by atoms with Crippen molar-refractivity contribution in [3.63, 3.8) is 0 Å². The minimum absolute atomic E-state index is 0.0512. The summed E-state index contributed by atoms with van der Waals surface area (Å²) in [6.07, 6.45) is 2.35. The molecule has 0 aliphatic rings. The highest BCUT2D eigenvalue weighted by Gasteiger charge is 2.13. The fraction of sp³-hybridized carbons (Fsp3) is 0.111. The van der Waals surface area contributed by atoms with Gasteiger partial charge in [0.2, 0.25) is 0 Å². The Labute approximate surface area is 135 Å². The van der Waals surface area contributed by atoms with Gasteiger partial charge in [0.15, 0.2) is 12.2 Å². The molecule has 24 heavy (non-hydrogen) atoms. The molecule has 0 unspecified atom stereocenters. The molecule has 6 heteroatoms. The lowest BCUT2D eigenvalue weighted by Crippen LogP contribution is -2.08. The van der Waals surface area contributed by atoms with Crippen LogP contribution in [0.4, 0.5) is 13.2 Å². The molecule has 2 aromatic carbocycles. The molecule has 3 rings (SSSR count). The van der Waals surface area contributed by atoms with Gasteiger partial charge in [-0.1, -0.05) is 12.1 Å². The first-order valence-electron chi connectivity index (χ1n) is 7.16. The molecule has 1 aromatic heterocycles. The van der Waals surface area contributed by atoms with E-state index in [-0.39, 0.29) is 29.8 Å². The molecule has 3 nitrogen and oxygen atoms in total. The smallest absolute Gasteiger partial charge is 0.181 e. The van der Waals surface area contributed by atoms with E-state index in [1.165, 1.54) is 30.8 Å². The van der Waals surface area contributed by atoms with Gasteiger partial charge in [-0.05, 0) is 29.3 Å². The molecule has 0 radical (unpaired) electrons. The first kappa shape index (κ1) is 16.0. The van der Waals surface area contributed by atoms with Crippen LogP contribution >= 0.6 is 0 Å². The van der Waals surface area contributed by atoms with Gasteiger partial charge in [0.1, 0.15) is 23.2 Å². The molecule has 0 atom stereocenters. The lowest BCUT2D eigenvalue weighted by atomic mass is 10.0. The Hall–Kier alpha value is -2.89. The fourth-order valence-corrected chi connectivity index (χ4v) is 2.38. The van der Waals surface area contributed by atoms with Crippen LogP contribution in [0.2, 0.25) is 0 Å². The first-order valence-corrected chi connectivity index (χ1v) is 7.16. The van der Waals surface area contributed by atoms with Crippen LogP contribution in [0.5, 0.6) is 0 Å². The van der Waals surface area contributed by atoms with Crippen LogP contribution < -0.4 is 0 Å². The molecule has 0 amide bonds. The number of halogens is 3. The summed E-state index contributed by atoms with van der Waals surface area (Å²) in [4.78, 5) is 15.8. The Morgan fingerprint density at radius 2 is 1.83 bits per heavy atom. The number of benzene rings is 2. The van der Waals surface area contributed by atoms with Gasteiger partial charge in [-0.25, -0.2) is 18.2 Å². The average molecular weight is 331 g/mol. The molecule has 1 heterocycles. The summed E-state index contributed by atoms with van der Waals surface area (Å²) in [5.41, 5.74) is 0.816. The molecule has 0 aliphatic heterocycles. The maximum Gasteiger partial charge on any atom is 0.181 e. The average Bonchev–Trinajstić information content (AvgIpc) is 3.04. The molecule has 0 aliphatic carbocycles. The van der Waals surface area contributed by atoms with Gasteiger partial charge in [0.25, 0.3) is 0 Å². The van der Waals surface area contributed by atoms with E-state index in [2.05, 4.69) is 4.98 Å². The van der Waals surface area contributed by atoms with E-state index in [0.29, 0.717) is 11.3 Å².